The van der Waals surface area contributed by atoms with Gasteiger partial charge in [0.25, 0.3) is 0 Å². The van der Waals surface area contributed by atoms with E-state index in [1.54, 1.807) is 0 Å². The molecule has 0 saturated carbocycles. The Morgan fingerprint density at radius 3 is 2.67 bits per heavy atom. The first-order valence-electron chi connectivity index (χ1n) is 5.32. The lowest BCUT2D eigenvalue weighted by atomic mass is 9.90. The van der Waals surface area contributed by atoms with Crippen LogP contribution in [0.15, 0.2) is 0 Å². The number of nitrogens with zero attached hydrogens (tertiary/aromatic N) is 1. The molecule has 0 aromatic carbocycles. The highest BCUT2D eigenvalue weighted by Crippen LogP contribution is 2.38. The third-order valence-electron chi connectivity index (χ3n) is 3.77. The maximum absolute atomic E-state index is 5.78. The largest absolute Gasteiger partial charge is 0.330 e. The summed E-state index contributed by atoms with van der Waals surface area (Å²) in [5.74, 6) is 0.795. The van der Waals surface area contributed by atoms with Gasteiger partial charge in [-0.3, -0.25) is 4.90 Å². The summed E-state index contributed by atoms with van der Waals surface area (Å²) in [6.45, 7) is 4.41. The highest BCUT2D eigenvalue weighted by atomic mass is 15.2. The lowest BCUT2D eigenvalue weighted by Gasteiger charge is -2.39. The summed E-state index contributed by atoms with van der Waals surface area (Å²) in [6.07, 6.45) is 5.60. The molecule has 2 bridgehead atoms. The van der Waals surface area contributed by atoms with Gasteiger partial charge in [0.05, 0.1) is 0 Å². The summed E-state index contributed by atoms with van der Waals surface area (Å²) < 4.78 is 0. The molecular formula is C10H20N2. The second-order valence-corrected chi connectivity index (χ2v) is 4.20. The van der Waals surface area contributed by atoms with Crippen LogP contribution >= 0.6 is 0 Å². The zero-order chi connectivity index (χ0) is 8.55. The predicted molar refractivity (Wildman–Crippen MR) is 51.0 cm³/mol. The lowest BCUT2D eigenvalue weighted by molar-refractivity contribution is 0.101. The number of piperidine rings is 1. The van der Waals surface area contributed by atoms with Crippen molar-refractivity contribution >= 4 is 0 Å². The van der Waals surface area contributed by atoms with Crippen molar-refractivity contribution < 1.29 is 0 Å². The molecule has 2 saturated heterocycles. The Labute approximate surface area is 75.1 Å². The molecule has 2 rings (SSSR count). The third kappa shape index (κ3) is 1.17. The van der Waals surface area contributed by atoms with E-state index in [1.165, 1.54) is 32.2 Å². The van der Waals surface area contributed by atoms with E-state index in [-0.39, 0.29) is 0 Å². The summed E-state index contributed by atoms with van der Waals surface area (Å²) in [5.41, 5.74) is 5.78. The summed E-state index contributed by atoms with van der Waals surface area (Å²) in [7, 11) is 0. The second kappa shape index (κ2) is 3.35. The molecule has 12 heavy (non-hydrogen) atoms. The molecule has 2 fully saturated rings. The lowest BCUT2D eigenvalue weighted by Crippen LogP contribution is -2.46. The van der Waals surface area contributed by atoms with Crippen molar-refractivity contribution in [3.8, 4) is 0 Å². The second-order valence-electron chi connectivity index (χ2n) is 4.20. The molecule has 0 aliphatic carbocycles. The molecular weight excluding hydrogens is 148 g/mol. The highest BCUT2D eigenvalue weighted by Gasteiger charge is 2.40. The van der Waals surface area contributed by atoms with Crippen LogP contribution < -0.4 is 5.73 Å². The first-order valence-corrected chi connectivity index (χ1v) is 5.32. The highest BCUT2D eigenvalue weighted by molar-refractivity contribution is 4.95. The van der Waals surface area contributed by atoms with Crippen molar-refractivity contribution in [3.63, 3.8) is 0 Å². The van der Waals surface area contributed by atoms with Crippen LogP contribution in [-0.4, -0.2) is 30.1 Å². The zero-order valence-electron chi connectivity index (χ0n) is 8.00. The maximum atomic E-state index is 5.78. The van der Waals surface area contributed by atoms with Gasteiger partial charge in [-0.1, -0.05) is 6.92 Å². The minimum Gasteiger partial charge on any atom is -0.330 e. The summed E-state index contributed by atoms with van der Waals surface area (Å²) in [6, 6.07) is 1.74. The zero-order valence-corrected chi connectivity index (χ0v) is 8.00. The van der Waals surface area contributed by atoms with E-state index in [2.05, 4.69) is 11.8 Å². The molecule has 2 aliphatic heterocycles. The van der Waals surface area contributed by atoms with Crippen LogP contribution in [0.1, 0.15) is 32.6 Å². The van der Waals surface area contributed by atoms with Crippen LogP contribution in [0.5, 0.6) is 0 Å². The fraction of sp³-hybridized carbons (Fsp3) is 1.00. The van der Waals surface area contributed by atoms with Crippen molar-refractivity contribution in [1.29, 1.82) is 0 Å². The van der Waals surface area contributed by atoms with Gasteiger partial charge in [-0.05, 0) is 44.7 Å². The molecule has 0 aromatic rings. The Balaban J connectivity index is 2.07. The fourth-order valence-electron chi connectivity index (χ4n) is 3.15. The topological polar surface area (TPSA) is 29.3 Å². The standard InChI is InChI=1S/C10H20N2/c1-2-12-9-4-3-8(7-11)10(12)6-5-9/h8-10H,2-7,11H2,1H3. The first-order chi connectivity index (χ1) is 5.86. The van der Waals surface area contributed by atoms with Gasteiger partial charge in [-0.2, -0.15) is 0 Å². The van der Waals surface area contributed by atoms with Gasteiger partial charge >= 0.3 is 0 Å². The maximum Gasteiger partial charge on any atom is 0.0139 e. The molecule has 70 valence electrons. The minimum absolute atomic E-state index is 0.795. The predicted octanol–water partition coefficient (Wildman–Crippen LogP) is 1.21. The van der Waals surface area contributed by atoms with E-state index < -0.39 is 0 Å². The summed E-state index contributed by atoms with van der Waals surface area (Å²) in [4.78, 5) is 2.68. The molecule has 0 amide bonds. The minimum atomic E-state index is 0.795. The van der Waals surface area contributed by atoms with E-state index in [9.17, 15) is 0 Å². The van der Waals surface area contributed by atoms with Crippen molar-refractivity contribution in [2.45, 2.75) is 44.7 Å². The van der Waals surface area contributed by atoms with E-state index in [0.717, 1.165) is 24.5 Å². The van der Waals surface area contributed by atoms with Gasteiger partial charge in [-0.15, -0.1) is 0 Å². The Kier molecular flexibility index (Phi) is 2.37. The molecule has 2 aliphatic rings. The van der Waals surface area contributed by atoms with E-state index in [4.69, 9.17) is 5.73 Å². The molecule has 2 heteroatoms. The molecule has 3 atom stereocenters. The van der Waals surface area contributed by atoms with Crippen LogP contribution in [-0.2, 0) is 0 Å². The SMILES string of the molecule is CCN1C2CCC(CN)C1CC2. The Bertz CT molecular complexity index is 158. The van der Waals surface area contributed by atoms with Crippen LogP contribution in [0.25, 0.3) is 0 Å². The average molecular weight is 168 g/mol. The van der Waals surface area contributed by atoms with Crippen molar-refractivity contribution in [2.75, 3.05) is 13.1 Å². The van der Waals surface area contributed by atoms with Crippen LogP contribution in [0.2, 0.25) is 0 Å². The average Bonchev–Trinajstić information content (AvgIpc) is 2.40. The Hall–Kier alpha value is -0.0800. The van der Waals surface area contributed by atoms with Gasteiger partial charge in [0.1, 0.15) is 0 Å². The molecule has 0 aromatic heterocycles. The molecule has 2 nitrogen and oxygen atoms in total. The van der Waals surface area contributed by atoms with Crippen molar-refractivity contribution in [3.05, 3.63) is 0 Å². The number of hydrogen-bond donors (Lipinski definition) is 1. The smallest absolute Gasteiger partial charge is 0.0139 e. The van der Waals surface area contributed by atoms with Gasteiger partial charge in [0.15, 0.2) is 0 Å². The molecule has 0 spiro atoms. The number of nitrogens with two attached hydrogens (primary N) is 1. The summed E-state index contributed by atoms with van der Waals surface area (Å²) in [5, 5.41) is 0. The normalized spacial score (nSPS) is 42.0. The van der Waals surface area contributed by atoms with Gasteiger partial charge in [0, 0.05) is 12.1 Å². The van der Waals surface area contributed by atoms with Crippen LogP contribution in [0, 0.1) is 5.92 Å². The molecule has 0 radical (unpaired) electrons. The van der Waals surface area contributed by atoms with Crippen molar-refractivity contribution in [1.82, 2.24) is 4.90 Å². The van der Waals surface area contributed by atoms with Gasteiger partial charge in [0.2, 0.25) is 0 Å². The van der Waals surface area contributed by atoms with Gasteiger partial charge < -0.3 is 5.73 Å². The fourth-order valence-corrected chi connectivity index (χ4v) is 3.15. The molecule has 3 unspecified atom stereocenters. The number of fused-ring (bicyclic) bond motifs is 2. The third-order valence-corrected chi connectivity index (χ3v) is 3.77. The molecule has 2 N–H and O–H groups in total. The van der Waals surface area contributed by atoms with Crippen LogP contribution in [0.4, 0.5) is 0 Å². The van der Waals surface area contributed by atoms with Gasteiger partial charge in [-0.25, -0.2) is 0 Å². The van der Waals surface area contributed by atoms with E-state index in [1.807, 2.05) is 0 Å². The monoisotopic (exact) mass is 168 g/mol. The number of rotatable bonds is 2. The molecule has 2 heterocycles. The van der Waals surface area contributed by atoms with E-state index in [0.29, 0.717) is 0 Å². The number of hydrogen-bond acceptors (Lipinski definition) is 2. The van der Waals surface area contributed by atoms with Crippen LogP contribution in [0.3, 0.4) is 0 Å². The Morgan fingerprint density at radius 2 is 2.00 bits per heavy atom. The summed E-state index contributed by atoms with van der Waals surface area (Å²) >= 11 is 0. The van der Waals surface area contributed by atoms with E-state index >= 15 is 0 Å². The quantitative estimate of drug-likeness (QED) is 0.671. The Morgan fingerprint density at radius 1 is 1.25 bits per heavy atom. The first kappa shape index (κ1) is 8.52. The van der Waals surface area contributed by atoms with Crippen molar-refractivity contribution in [2.24, 2.45) is 11.7 Å².